The molecule has 2 aromatic rings. The van der Waals surface area contributed by atoms with Crippen molar-refractivity contribution < 1.29 is 4.79 Å². The Morgan fingerprint density at radius 1 is 1.42 bits per heavy atom. The molecule has 1 aliphatic rings. The van der Waals surface area contributed by atoms with Crippen LogP contribution in [-0.4, -0.2) is 20.4 Å². The molecule has 0 radical (unpaired) electrons. The molecular weight excluding hydrogens is 287 g/mol. The van der Waals surface area contributed by atoms with Crippen molar-refractivity contribution in [3.8, 4) is 0 Å². The number of rotatable bonds is 2. The number of carbonyl (C=O) groups excluding carboxylic acids is 1. The highest BCUT2D eigenvalue weighted by atomic mass is 35.5. The van der Waals surface area contributed by atoms with Gasteiger partial charge in [0.25, 0.3) is 0 Å². The molecule has 0 bridgehead atoms. The topological polar surface area (TPSA) is 73.8 Å². The van der Waals surface area contributed by atoms with Crippen LogP contribution in [0.25, 0.3) is 11.2 Å². The van der Waals surface area contributed by atoms with E-state index in [0.717, 1.165) is 12.8 Å². The number of nitrogens with two attached hydrogens (primary N) is 1. The van der Waals surface area contributed by atoms with E-state index in [1.54, 1.807) is 12.4 Å². The van der Waals surface area contributed by atoms with Gasteiger partial charge in [-0.3, -0.25) is 4.79 Å². The number of halogens is 2. The summed E-state index contributed by atoms with van der Waals surface area (Å²) < 4.78 is 1.94. The van der Waals surface area contributed by atoms with Gasteiger partial charge in [-0.25, -0.2) is 9.97 Å². The molecule has 0 aliphatic heterocycles. The first kappa shape index (κ1) is 12.7. The van der Waals surface area contributed by atoms with Gasteiger partial charge >= 0.3 is 0 Å². The molecule has 2 atom stereocenters. The zero-order chi connectivity index (χ0) is 13.6. The number of hydrogen-bond acceptors (Lipinski definition) is 3. The molecule has 1 fully saturated rings. The minimum absolute atomic E-state index is 0.0721. The van der Waals surface area contributed by atoms with Crippen molar-refractivity contribution >= 4 is 40.3 Å². The van der Waals surface area contributed by atoms with E-state index in [4.69, 9.17) is 28.9 Å². The fraction of sp³-hybridized carbons (Fsp3) is 0.417. The van der Waals surface area contributed by atoms with Gasteiger partial charge < -0.3 is 10.3 Å². The van der Waals surface area contributed by atoms with Gasteiger partial charge in [-0.1, -0.05) is 23.2 Å². The third kappa shape index (κ3) is 2.17. The minimum Gasteiger partial charge on any atom is -0.369 e. The van der Waals surface area contributed by atoms with Crippen molar-refractivity contribution in [3.63, 3.8) is 0 Å². The predicted octanol–water partition coefficient (Wildman–Crippen LogP) is 2.56. The largest absolute Gasteiger partial charge is 0.369 e. The summed E-state index contributed by atoms with van der Waals surface area (Å²) in [4.78, 5) is 19.8. The summed E-state index contributed by atoms with van der Waals surface area (Å²) in [5.74, 6) is -0.312. The van der Waals surface area contributed by atoms with E-state index in [2.05, 4.69) is 9.97 Å². The number of hydrogen-bond donors (Lipinski definition) is 1. The van der Waals surface area contributed by atoms with Crippen LogP contribution in [0.15, 0.2) is 12.4 Å². The molecule has 1 saturated carbocycles. The van der Waals surface area contributed by atoms with Crippen LogP contribution in [-0.2, 0) is 4.79 Å². The van der Waals surface area contributed by atoms with Gasteiger partial charge in [-0.15, -0.1) is 0 Å². The summed E-state index contributed by atoms with van der Waals surface area (Å²) >= 11 is 12.0. The average molecular weight is 299 g/mol. The maximum atomic E-state index is 11.2. The minimum atomic E-state index is -0.240. The van der Waals surface area contributed by atoms with Crippen LogP contribution < -0.4 is 5.73 Å². The molecule has 100 valence electrons. The van der Waals surface area contributed by atoms with E-state index >= 15 is 0 Å². The van der Waals surface area contributed by atoms with Crippen molar-refractivity contribution in [1.29, 1.82) is 0 Å². The van der Waals surface area contributed by atoms with Crippen molar-refractivity contribution in [2.24, 2.45) is 11.7 Å². The highest BCUT2D eigenvalue weighted by Gasteiger charge is 2.30. The van der Waals surface area contributed by atoms with Crippen molar-refractivity contribution in [3.05, 3.63) is 22.6 Å². The lowest BCUT2D eigenvalue weighted by atomic mass is 10.1. The van der Waals surface area contributed by atoms with Gasteiger partial charge in [0.15, 0.2) is 5.65 Å². The van der Waals surface area contributed by atoms with Crippen molar-refractivity contribution in [2.75, 3.05) is 0 Å². The molecule has 2 aromatic heterocycles. The van der Waals surface area contributed by atoms with Gasteiger partial charge in [-0.2, -0.15) is 0 Å². The zero-order valence-corrected chi connectivity index (χ0v) is 11.5. The average Bonchev–Trinajstić information content (AvgIpc) is 2.93. The first-order chi connectivity index (χ1) is 9.06. The highest BCUT2D eigenvalue weighted by Crippen LogP contribution is 2.36. The van der Waals surface area contributed by atoms with Crippen LogP contribution in [0.1, 0.15) is 25.3 Å². The molecule has 5 nitrogen and oxygen atoms in total. The van der Waals surface area contributed by atoms with E-state index in [1.807, 2.05) is 4.57 Å². The third-order valence-electron chi connectivity index (χ3n) is 3.65. The quantitative estimate of drug-likeness (QED) is 0.866. The molecule has 19 heavy (non-hydrogen) atoms. The van der Waals surface area contributed by atoms with Crippen LogP contribution in [0.4, 0.5) is 0 Å². The number of primary amides is 1. The highest BCUT2D eigenvalue weighted by molar-refractivity contribution is 6.37. The molecule has 0 spiro atoms. The summed E-state index contributed by atoms with van der Waals surface area (Å²) in [6, 6.07) is 1.74. The van der Waals surface area contributed by atoms with Crippen LogP contribution in [0, 0.1) is 5.92 Å². The molecule has 1 amide bonds. The summed E-state index contributed by atoms with van der Waals surface area (Å²) in [6.45, 7) is 0. The Labute approximate surface area is 119 Å². The SMILES string of the molecule is NC(=O)[C@@H]1CCC(n2cnc3c(Cl)cc(Cl)nc32)C1. The summed E-state index contributed by atoms with van der Waals surface area (Å²) in [7, 11) is 0. The lowest BCUT2D eigenvalue weighted by Crippen LogP contribution is -2.21. The van der Waals surface area contributed by atoms with E-state index in [0.29, 0.717) is 27.8 Å². The fourth-order valence-electron chi connectivity index (χ4n) is 2.68. The molecule has 7 heteroatoms. The molecule has 3 rings (SSSR count). The van der Waals surface area contributed by atoms with Gasteiger partial charge in [0.05, 0.1) is 11.3 Å². The molecule has 0 aromatic carbocycles. The Bertz CT molecular complexity index is 654. The second kappa shape index (κ2) is 4.65. The standard InChI is InChI=1S/C12H12Cl2N4O/c13-8-4-9(14)17-12-10(8)16-5-18(12)7-2-1-6(3-7)11(15)19/h4-7H,1-3H2,(H2,15,19)/t6-,7?/m1/s1. The summed E-state index contributed by atoms with van der Waals surface area (Å²) in [5, 5.41) is 0.821. The van der Waals surface area contributed by atoms with Crippen molar-refractivity contribution in [2.45, 2.75) is 25.3 Å². The Morgan fingerprint density at radius 2 is 2.21 bits per heavy atom. The van der Waals surface area contributed by atoms with Crippen LogP contribution >= 0.6 is 23.2 Å². The van der Waals surface area contributed by atoms with Gasteiger partial charge in [-0.05, 0) is 25.3 Å². The van der Waals surface area contributed by atoms with Gasteiger partial charge in [0, 0.05) is 12.0 Å². The van der Waals surface area contributed by atoms with Crippen LogP contribution in [0.3, 0.4) is 0 Å². The second-order valence-corrected chi connectivity index (χ2v) is 5.61. The summed E-state index contributed by atoms with van der Waals surface area (Å²) in [5.41, 5.74) is 6.65. The second-order valence-electron chi connectivity index (χ2n) is 4.82. The lowest BCUT2D eigenvalue weighted by Gasteiger charge is -2.12. The molecule has 0 saturated heterocycles. The fourth-order valence-corrected chi connectivity index (χ4v) is 3.16. The Balaban J connectivity index is 2.00. The van der Waals surface area contributed by atoms with Gasteiger partial charge in [0.2, 0.25) is 5.91 Å². The van der Waals surface area contributed by atoms with Crippen molar-refractivity contribution in [1.82, 2.24) is 14.5 Å². The molecular formula is C12H12Cl2N4O. The number of imidazole rings is 1. The Morgan fingerprint density at radius 3 is 2.89 bits per heavy atom. The number of pyridine rings is 1. The van der Waals surface area contributed by atoms with E-state index in [1.165, 1.54) is 0 Å². The Hall–Kier alpha value is -1.33. The number of fused-ring (bicyclic) bond motifs is 1. The van der Waals surface area contributed by atoms with Crippen LogP contribution in [0.5, 0.6) is 0 Å². The van der Waals surface area contributed by atoms with E-state index < -0.39 is 0 Å². The zero-order valence-electron chi connectivity index (χ0n) is 10.0. The molecule has 2 heterocycles. The normalized spacial score (nSPS) is 23.1. The molecule has 2 N–H and O–H groups in total. The number of carbonyl (C=O) groups is 1. The number of nitrogens with zero attached hydrogens (tertiary/aromatic N) is 3. The third-order valence-corrected chi connectivity index (χ3v) is 4.13. The first-order valence-electron chi connectivity index (χ1n) is 6.04. The number of aromatic nitrogens is 3. The maximum absolute atomic E-state index is 11.2. The number of amides is 1. The Kier molecular flexibility index (Phi) is 3.11. The monoisotopic (exact) mass is 298 g/mol. The lowest BCUT2D eigenvalue weighted by molar-refractivity contribution is -0.121. The summed E-state index contributed by atoms with van der Waals surface area (Å²) in [6.07, 6.45) is 4.10. The molecule has 1 unspecified atom stereocenters. The van der Waals surface area contributed by atoms with E-state index in [9.17, 15) is 4.79 Å². The van der Waals surface area contributed by atoms with E-state index in [-0.39, 0.29) is 17.9 Å². The predicted molar refractivity (Wildman–Crippen MR) is 73.1 cm³/mol. The van der Waals surface area contributed by atoms with Crippen LogP contribution in [0.2, 0.25) is 10.2 Å². The van der Waals surface area contributed by atoms with Gasteiger partial charge in [0.1, 0.15) is 10.7 Å². The smallest absolute Gasteiger partial charge is 0.220 e. The molecule has 1 aliphatic carbocycles. The first-order valence-corrected chi connectivity index (χ1v) is 6.79. The maximum Gasteiger partial charge on any atom is 0.220 e.